The third-order valence-electron chi connectivity index (χ3n) is 4.70. The van der Waals surface area contributed by atoms with Crippen LogP contribution in [0.1, 0.15) is 19.8 Å². The first-order valence-corrected chi connectivity index (χ1v) is 11.1. The molecule has 2 aromatic rings. The summed E-state index contributed by atoms with van der Waals surface area (Å²) in [6, 6.07) is 12.6. The molecule has 8 nitrogen and oxygen atoms in total. The van der Waals surface area contributed by atoms with E-state index in [1.54, 1.807) is 37.3 Å². The summed E-state index contributed by atoms with van der Waals surface area (Å²) < 4.78 is 32.9. The van der Waals surface area contributed by atoms with Crippen molar-refractivity contribution in [2.45, 2.75) is 24.7 Å². The molecule has 156 valence electrons. The highest BCUT2D eigenvalue weighted by atomic mass is 32.2. The van der Waals surface area contributed by atoms with Gasteiger partial charge in [-0.1, -0.05) is 18.2 Å². The second-order valence-electron chi connectivity index (χ2n) is 6.89. The molecule has 1 fully saturated rings. The molecule has 0 aromatic heterocycles. The molecule has 0 saturated heterocycles. The zero-order valence-electron chi connectivity index (χ0n) is 16.3. The van der Waals surface area contributed by atoms with Gasteiger partial charge in [0.25, 0.3) is 15.7 Å². The number of para-hydroxylation sites is 1. The number of benzene rings is 2. The van der Waals surface area contributed by atoms with E-state index in [4.69, 9.17) is 4.74 Å². The minimum absolute atomic E-state index is 0.120. The number of nitrogens with zero attached hydrogens (tertiary/aromatic N) is 2. The molecule has 1 saturated carbocycles. The molecule has 0 radical (unpaired) electrons. The Morgan fingerprint density at radius 1 is 1.21 bits per heavy atom. The zero-order chi connectivity index (χ0) is 20.9. The number of sulfonamides is 1. The smallest absolute Gasteiger partial charge is 0.293 e. The Balaban J connectivity index is 1.77. The molecule has 0 unspecified atom stereocenters. The van der Waals surface area contributed by atoms with E-state index in [2.05, 4.69) is 5.32 Å². The van der Waals surface area contributed by atoms with Crippen LogP contribution in [0.2, 0.25) is 0 Å². The minimum Gasteiger partial charge on any atom is -0.379 e. The highest BCUT2D eigenvalue weighted by molar-refractivity contribution is 7.92. The maximum Gasteiger partial charge on any atom is 0.293 e. The Kier molecular flexibility index (Phi) is 6.71. The van der Waals surface area contributed by atoms with Crippen LogP contribution in [-0.2, 0) is 14.8 Å². The van der Waals surface area contributed by atoms with E-state index in [0.717, 1.165) is 6.07 Å². The number of nitro benzene ring substituents is 1. The maximum atomic E-state index is 13.1. The van der Waals surface area contributed by atoms with Crippen molar-refractivity contribution in [3.63, 3.8) is 0 Å². The summed E-state index contributed by atoms with van der Waals surface area (Å²) in [6.07, 6.45) is 2.40. The Hall–Kier alpha value is -2.65. The lowest BCUT2D eigenvalue weighted by Gasteiger charge is -2.23. The fourth-order valence-corrected chi connectivity index (χ4v) is 4.47. The van der Waals surface area contributed by atoms with Gasteiger partial charge in [-0.15, -0.1) is 0 Å². The Bertz CT molecular complexity index is 946. The Labute approximate surface area is 170 Å². The molecule has 9 heteroatoms. The molecule has 0 amide bonds. The molecule has 0 atom stereocenters. The first-order valence-electron chi connectivity index (χ1n) is 9.61. The van der Waals surface area contributed by atoms with E-state index in [1.807, 2.05) is 0 Å². The number of rotatable bonds is 11. The molecule has 0 aliphatic heterocycles. The Morgan fingerprint density at radius 3 is 2.55 bits per heavy atom. The van der Waals surface area contributed by atoms with Crippen LogP contribution in [0.15, 0.2) is 53.4 Å². The third-order valence-corrected chi connectivity index (χ3v) is 6.60. The highest BCUT2D eigenvalue weighted by Crippen LogP contribution is 2.31. The van der Waals surface area contributed by atoms with E-state index in [0.29, 0.717) is 31.4 Å². The quantitative estimate of drug-likeness (QED) is 0.339. The molecule has 0 heterocycles. The summed E-state index contributed by atoms with van der Waals surface area (Å²) in [5.74, 6) is 0.653. The van der Waals surface area contributed by atoms with Crippen molar-refractivity contribution in [3.05, 3.63) is 58.6 Å². The van der Waals surface area contributed by atoms with Crippen molar-refractivity contribution in [2.75, 3.05) is 35.9 Å². The summed E-state index contributed by atoms with van der Waals surface area (Å²) >= 11 is 0. The maximum absolute atomic E-state index is 13.1. The molecule has 1 N–H and O–H groups in total. The number of anilines is 2. The van der Waals surface area contributed by atoms with Crippen LogP contribution in [0.25, 0.3) is 0 Å². The summed E-state index contributed by atoms with van der Waals surface area (Å²) in [5, 5.41) is 14.5. The predicted octanol–water partition coefficient (Wildman–Crippen LogP) is 3.65. The molecule has 0 spiro atoms. The first kappa shape index (κ1) is 21.1. The summed E-state index contributed by atoms with van der Waals surface area (Å²) in [7, 11) is -3.93. The molecular formula is C20H25N3O5S. The van der Waals surface area contributed by atoms with E-state index in [-0.39, 0.29) is 22.8 Å². The van der Waals surface area contributed by atoms with Crippen molar-refractivity contribution in [1.29, 1.82) is 0 Å². The zero-order valence-corrected chi connectivity index (χ0v) is 17.1. The fraction of sp³-hybridized carbons (Fsp3) is 0.400. The summed E-state index contributed by atoms with van der Waals surface area (Å²) in [4.78, 5) is 10.8. The average Bonchev–Trinajstić information content (AvgIpc) is 3.53. The lowest BCUT2D eigenvalue weighted by atomic mass is 10.2. The van der Waals surface area contributed by atoms with Crippen LogP contribution in [0.3, 0.4) is 0 Å². The van der Waals surface area contributed by atoms with Gasteiger partial charge in [-0.05, 0) is 49.9 Å². The van der Waals surface area contributed by atoms with Gasteiger partial charge < -0.3 is 10.1 Å². The average molecular weight is 420 g/mol. The second-order valence-corrected chi connectivity index (χ2v) is 8.75. The summed E-state index contributed by atoms with van der Waals surface area (Å²) in [5.41, 5.74) is 0.497. The van der Waals surface area contributed by atoms with Gasteiger partial charge in [-0.3, -0.25) is 14.4 Å². The van der Waals surface area contributed by atoms with Gasteiger partial charge in [0.05, 0.1) is 22.1 Å². The van der Waals surface area contributed by atoms with Gasteiger partial charge in [-0.2, -0.15) is 0 Å². The van der Waals surface area contributed by atoms with Gasteiger partial charge >= 0.3 is 0 Å². The number of nitrogens with one attached hydrogen (secondary N) is 1. The van der Waals surface area contributed by atoms with E-state index in [9.17, 15) is 18.5 Å². The molecular weight excluding hydrogens is 394 g/mol. The fourth-order valence-electron chi connectivity index (χ4n) is 2.98. The van der Waals surface area contributed by atoms with Gasteiger partial charge in [-0.25, -0.2) is 8.42 Å². The normalized spacial score (nSPS) is 13.8. The number of nitro groups is 1. The summed E-state index contributed by atoms with van der Waals surface area (Å²) in [6.45, 7) is 3.48. The number of hydrogen-bond acceptors (Lipinski definition) is 6. The second kappa shape index (κ2) is 9.23. The topological polar surface area (TPSA) is 102 Å². The van der Waals surface area contributed by atoms with Crippen LogP contribution in [0.5, 0.6) is 0 Å². The van der Waals surface area contributed by atoms with E-state index < -0.39 is 14.9 Å². The molecule has 3 rings (SSSR count). The van der Waals surface area contributed by atoms with Gasteiger partial charge in [0.2, 0.25) is 0 Å². The standard InChI is InChI=1S/C20H25N3O5S/c1-2-22(17-6-4-3-5-7-17)29(26,27)18-10-11-19(20(14-18)23(24)25)21-12-13-28-15-16-8-9-16/h3-7,10-11,14,16,21H,2,8-9,12-13,15H2,1H3. The van der Waals surface area contributed by atoms with Crippen LogP contribution in [0.4, 0.5) is 17.1 Å². The molecule has 1 aliphatic rings. The molecule has 0 bridgehead atoms. The number of ether oxygens (including phenoxy) is 1. The highest BCUT2D eigenvalue weighted by Gasteiger charge is 2.27. The predicted molar refractivity (Wildman–Crippen MR) is 112 cm³/mol. The van der Waals surface area contributed by atoms with Crippen molar-refractivity contribution >= 4 is 27.1 Å². The molecule has 2 aromatic carbocycles. The van der Waals surface area contributed by atoms with E-state index in [1.165, 1.54) is 29.3 Å². The number of hydrogen-bond donors (Lipinski definition) is 1. The minimum atomic E-state index is -3.93. The van der Waals surface area contributed by atoms with Crippen molar-refractivity contribution in [3.8, 4) is 0 Å². The van der Waals surface area contributed by atoms with Gasteiger partial charge in [0, 0.05) is 25.8 Å². The SMILES string of the molecule is CCN(c1ccccc1)S(=O)(=O)c1ccc(NCCOCC2CC2)c([N+](=O)[O-])c1. The lowest BCUT2D eigenvalue weighted by Crippen LogP contribution is -2.30. The molecule has 1 aliphatic carbocycles. The van der Waals surface area contributed by atoms with Gasteiger partial charge in [0.1, 0.15) is 5.69 Å². The van der Waals surface area contributed by atoms with Crippen molar-refractivity contribution in [2.24, 2.45) is 5.92 Å². The van der Waals surface area contributed by atoms with Crippen LogP contribution in [-0.4, -0.2) is 39.6 Å². The van der Waals surface area contributed by atoms with Crippen molar-refractivity contribution in [1.82, 2.24) is 0 Å². The van der Waals surface area contributed by atoms with E-state index >= 15 is 0 Å². The van der Waals surface area contributed by atoms with Crippen molar-refractivity contribution < 1.29 is 18.1 Å². The third kappa shape index (κ3) is 5.24. The first-order chi connectivity index (χ1) is 13.9. The van der Waals surface area contributed by atoms with Gasteiger partial charge in [0.15, 0.2) is 0 Å². The monoisotopic (exact) mass is 419 g/mol. The van der Waals surface area contributed by atoms with Crippen LogP contribution in [0, 0.1) is 16.0 Å². The molecule has 29 heavy (non-hydrogen) atoms. The Morgan fingerprint density at radius 2 is 1.93 bits per heavy atom. The lowest BCUT2D eigenvalue weighted by molar-refractivity contribution is -0.384. The largest absolute Gasteiger partial charge is 0.379 e. The van der Waals surface area contributed by atoms with Crippen LogP contribution >= 0.6 is 0 Å². The van der Waals surface area contributed by atoms with Crippen LogP contribution < -0.4 is 9.62 Å².